The van der Waals surface area contributed by atoms with Gasteiger partial charge in [-0.3, -0.25) is 0 Å². The Morgan fingerprint density at radius 1 is 1.12 bits per heavy atom. The Balaban J connectivity index is 1.71. The number of carboxylic acids is 1. The molecular formula is C14H14F3N5O2S. The van der Waals surface area contributed by atoms with Gasteiger partial charge in [0.25, 0.3) is 0 Å². The summed E-state index contributed by atoms with van der Waals surface area (Å²) in [5, 5.41) is 15.2. The van der Waals surface area contributed by atoms with Crippen molar-refractivity contribution in [2.45, 2.75) is 12.6 Å². The van der Waals surface area contributed by atoms with E-state index in [0.29, 0.717) is 49.8 Å². The summed E-state index contributed by atoms with van der Waals surface area (Å²) in [6.07, 6.45) is -3.81. The summed E-state index contributed by atoms with van der Waals surface area (Å²) in [4.78, 5) is 18.8. The Kier molecular flexibility index (Phi) is 4.75. The van der Waals surface area contributed by atoms with Crippen LogP contribution in [0.15, 0.2) is 18.2 Å². The van der Waals surface area contributed by atoms with Gasteiger partial charge in [0.1, 0.15) is 5.82 Å². The lowest BCUT2D eigenvalue weighted by atomic mass is 10.3. The Morgan fingerprint density at radius 2 is 1.84 bits per heavy atom. The van der Waals surface area contributed by atoms with Gasteiger partial charge in [-0.05, 0) is 18.6 Å². The van der Waals surface area contributed by atoms with Crippen LogP contribution in [0.1, 0.15) is 21.9 Å². The average molecular weight is 373 g/mol. The molecule has 0 bridgehead atoms. The Morgan fingerprint density at radius 3 is 2.52 bits per heavy atom. The fourth-order valence-corrected chi connectivity index (χ4v) is 3.28. The van der Waals surface area contributed by atoms with Crippen molar-refractivity contribution in [3.05, 3.63) is 28.9 Å². The molecule has 0 radical (unpaired) electrons. The van der Waals surface area contributed by atoms with E-state index in [9.17, 15) is 18.0 Å². The number of hydrogen-bond acceptors (Lipinski definition) is 7. The quantitative estimate of drug-likeness (QED) is 0.884. The molecule has 3 rings (SSSR count). The number of anilines is 2. The minimum Gasteiger partial charge on any atom is -0.477 e. The molecule has 0 saturated carbocycles. The monoisotopic (exact) mass is 373 g/mol. The van der Waals surface area contributed by atoms with Gasteiger partial charge in [0.2, 0.25) is 10.1 Å². The Hall–Kier alpha value is -2.43. The number of carbonyl (C=O) groups is 1. The molecule has 11 heteroatoms. The van der Waals surface area contributed by atoms with Crippen molar-refractivity contribution in [2.24, 2.45) is 0 Å². The zero-order chi connectivity index (χ0) is 18.0. The number of pyridine rings is 1. The standard InChI is InChI=1S/C14H14F3N5O2S/c15-14(16,17)12-19-20-13(25-12)22-6-2-5-21(7-8-22)10-4-1-3-9(18-10)11(23)24/h1,3-4H,2,5-8H2,(H,23,24). The van der Waals surface area contributed by atoms with Crippen molar-refractivity contribution in [2.75, 3.05) is 36.0 Å². The molecule has 0 spiro atoms. The van der Waals surface area contributed by atoms with E-state index >= 15 is 0 Å². The second-order valence-corrected chi connectivity index (χ2v) is 6.36. The Bertz CT molecular complexity index is 767. The predicted molar refractivity (Wildman–Crippen MR) is 85.2 cm³/mol. The topological polar surface area (TPSA) is 82.5 Å². The summed E-state index contributed by atoms with van der Waals surface area (Å²) in [7, 11) is 0. The van der Waals surface area contributed by atoms with Crippen LogP contribution in [0.2, 0.25) is 0 Å². The number of alkyl halides is 3. The van der Waals surface area contributed by atoms with Gasteiger partial charge in [-0.1, -0.05) is 17.4 Å². The van der Waals surface area contributed by atoms with Crippen LogP contribution in [0.3, 0.4) is 0 Å². The molecule has 0 aliphatic carbocycles. The molecule has 3 heterocycles. The summed E-state index contributed by atoms with van der Waals surface area (Å²) in [6, 6.07) is 4.75. The molecule has 1 aliphatic heterocycles. The molecule has 1 N–H and O–H groups in total. The third kappa shape index (κ3) is 3.98. The highest BCUT2D eigenvalue weighted by Gasteiger charge is 2.36. The number of aromatic nitrogens is 3. The van der Waals surface area contributed by atoms with Gasteiger partial charge in [0.15, 0.2) is 5.69 Å². The zero-order valence-corrected chi connectivity index (χ0v) is 13.7. The van der Waals surface area contributed by atoms with Crippen molar-refractivity contribution in [1.82, 2.24) is 15.2 Å². The first-order valence-electron chi connectivity index (χ1n) is 7.45. The molecule has 2 aromatic rings. The lowest BCUT2D eigenvalue weighted by molar-refractivity contribution is -0.138. The maximum atomic E-state index is 12.7. The molecule has 1 fully saturated rings. The maximum absolute atomic E-state index is 12.7. The molecular weight excluding hydrogens is 359 g/mol. The van der Waals surface area contributed by atoms with E-state index in [1.54, 1.807) is 17.0 Å². The number of hydrogen-bond donors (Lipinski definition) is 1. The van der Waals surface area contributed by atoms with Gasteiger partial charge in [0, 0.05) is 26.2 Å². The molecule has 134 valence electrons. The first-order chi connectivity index (χ1) is 11.8. The molecule has 1 saturated heterocycles. The number of carboxylic acid groups (broad SMARTS) is 1. The van der Waals surface area contributed by atoms with Gasteiger partial charge in [-0.2, -0.15) is 13.2 Å². The number of halogens is 3. The minimum atomic E-state index is -4.49. The SMILES string of the molecule is O=C(O)c1cccc(N2CCCN(c3nnc(C(F)(F)F)s3)CC2)n1. The predicted octanol–water partition coefficient (Wildman–Crippen LogP) is 2.37. The van der Waals surface area contributed by atoms with Gasteiger partial charge >= 0.3 is 12.1 Å². The van der Waals surface area contributed by atoms with Crippen LogP contribution in [0.5, 0.6) is 0 Å². The van der Waals surface area contributed by atoms with Gasteiger partial charge in [0.05, 0.1) is 0 Å². The number of rotatable bonds is 3. The van der Waals surface area contributed by atoms with E-state index in [1.807, 2.05) is 4.90 Å². The average Bonchev–Trinajstić information content (AvgIpc) is 2.94. The highest BCUT2D eigenvalue weighted by atomic mass is 32.1. The van der Waals surface area contributed by atoms with Gasteiger partial charge in [-0.25, -0.2) is 9.78 Å². The van der Waals surface area contributed by atoms with Crippen molar-refractivity contribution in [3.8, 4) is 0 Å². The molecule has 7 nitrogen and oxygen atoms in total. The summed E-state index contributed by atoms with van der Waals surface area (Å²) in [6.45, 7) is 2.11. The van der Waals surface area contributed by atoms with Crippen LogP contribution in [0.25, 0.3) is 0 Å². The largest absolute Gasteiger partial charge is 0.477 e. The highest BCUT2D eigenvalue weighted by Crippen LogP contribution is 2.34. The van der Waals surface area contributed by atoms with Crippen molar-refractivity contribution in [3.63, 3.8) is 0 Å². The van der Waals surface area contributed by atoms with Crippen LogP contribution in [-0.4, -0.2) is 52.4 Å². The second kappa shape index (κ2) is 6.82. The summed E-state index contributed by atoms with van der Waals surface area (Å²) in [5.74, 6) is -0.568. The third-order valence-electron chi connectivity index (χ3n) is 3.70. The number of nitrogens with zero attached hydrogens (tertiary/aromatic N) is 5. The summed E-state index contributed by atoms with van der Waals surface area (Å²) >= 11 is 0.526. The number of aromatic carboxylic acids is 1. The van der Waals surface area contributed by atoms with Crippen molar-refractivity contribution < 1.29 is 23.1 Å². The molecule has 1 aliphatic rings. The van der Waals surface area contributed by atoms with Crippen LogP contribution >= 0.6 is 11.3 Å². The first kappa shape index (κ1) is 17.4. The van der Waals surface area contributed by atoms with E-state index in [-0.39, 0.29) is 10.8 Å². The first-order valence-corrected chi connectivity index (χ1v) is 8.27. The van der Waals surface area contributed by atoms with Crippen LogP contribution in [0.4, 0.5) is 24.1 Å². The van der Waals surface area contributed by atoms with E-state index in [1.165, 1.54) is 6.07 Å². The van der Waals surface area contributed by atoms with Crippen LogP contribution in [0, 0.1) is 0 Å². The minimum absolute atomic E-state index is 0.0439. The fourth-order valence-electron chi connectivity index (χ4n) is 2.51. The summed E-state index contributed by atoms with van der Waals surface area (Å²) < 4.78 is 38.0. The van der Waals surface area contributed by atoms with E-state index in [0.717, 1.165) is 0 Å². The molecule has 0 aromatic carbocycles. The smallest absolute Gasteiger partial charge is 0.445 e. The molecule has 2 aromatic heterocycles. The molecule has 0 amide bonds. The van der Waals surface area contributed by atoms with Gasteiger partial charge in [-0.15, -0.1) is 10.2 Å². The lowest BCUT2D eigenvalue weighted by Gasteiger charge is -2.22. The summed E-state index contributed by atoms with van der Waals surface area (Å²) in [5.41, 5.74) is -0.0439. The van der Waals surface area contributed by atoms with Crippen LogP contribution in [-0.2, 0) is 6.18 Å². The van der Waals surface area contributed by atoms with Crippen LogP contribution < -0.4 is 9.80 Å². The van der Waals surface area contributed by atoms with Crippen molar-refractivity contribution in [1.29, 1.82) is 0 Å². The van der Waals surface area contributed by atoms with E-state index in [4.69, 9.17) is 5.11 Å². The normalized spacial score (nSPS) is 16.0. The van der Waals surface area contributed by atoms with E-state index in [2.05, 4.69) is 15.2 Å². The zero-order valence-electron chi connectivity index (χ0n) is 12.9. The molecule has 25 heavy (non-hydrogen) atoms. The Labute approximate surface area is 144 Å². The second-order valence-electron chi connectivity index (χ2n) is 5.40. The highest BCUT2D eigenvalue weighted by molar-refractivity contribution is 7.15. The van der Waals surface area contributed by atoms with Crippen molar-refractivity contribution >= 4 is 28.3 Å². The maximum Gasteiger partial charge on any atom is 0.445 e. The van der Waals surface area contributed by atoms with Gasteiger partial charge < -0.3 is 14.9 Å². The third-order valence-corrected chi connectivity index (χ3v) is 4.73. The van der Waals surface area contributed by atoms with E-state index < -0.39 is 17.2 Å². The molecule has 0 atom stereocenters. The molecule has 0 unspecified atom stereocenters. The lowest BCUT2D eigenvalue weighted by Crippen LogP contribution is -2.31. The fraction of sp³-hybridized carbons (Fsp3) is 0.429.